The molecule has 0 aliphatic carbocycles. The Balaban J connectivity index is 2.34. The Morgan fingerprint density at radius 1 is 1.12 bits per heavy atom. The van der Waals surface area contributed by atoms with E-state index < -0.39 is 22.9 Å². The molecule has 0 aromatic heterocycles. The molecule has 2 heterocycles. The summed E-state index contributed by atoms with van der Waals surface area (Å²) in [6.07, 6.45) is 8.99. The predicted molar refractivity (Wildman–Crippen MR) is 95.7 cm³/mol. The van der Waals surface area contributed by atoms with E-state index in [1.165, 1.54) is 5.57 Å². The third kappa shape index (κ3) is 4.69. The van der Waals surface area contributed by atoms with Gasteiger partial charge in [-0.15, -0.1) is 0 Å². The fourth-order valence-corrected chi connectivity index (χ4v) is 3.44. The first kappa shape index (κ1) is 19.6. The van der Waals surface area contributed by atoms with Gasteiger partial charge in [0.1, 0.15) is 0 Å². The van der Waals surface area contributed by atoms with Crippen molar-refractivity contribution in [3.8, 4) is 0 Å². The molecule has 0 amide bonds. The summed E-state index contributed by atoms with van der Waals surface area (Å²) < 4.78 is 6.09. The normalized spacial score (nSPS) is 45.5. The van der Waals surface area contributed by atoms with E-state index in [4.69, 9.17) is 4.74 Å². The molecule has 0 unspecified atom stereocenters. The molecule has 1 saturated heterocycles. The summed E-state index contributed by atoms with van der Waals surface area (Å²) in [5, 5.41) is 32.2. The SMILES string of the molecule is CC(C)[C@]1(O)/C=C/[C@](C)(O)CC/C=C2/CC[C@H](O)[C@@](C)(CC1)OC2. The number of aliphatic hydroxyl groups excluding tert-OH is 1. The summed E-state index contributed by atoms with van der Waals surface area (Å²) in [5.74, 6) is 0.00915. The van der Waals surface area contributed by atoms with Crippen LogP contribution in [-0.4, -0.2) is 44.8 Å². The molecule has 0 saturated carbocycles. The Kier molecular flexibility index (Phi) is 5.96. The first-order chi connectivity index (χ1) is 11.1. The Labute approximate surface area is 146 Å². The van der Waals surface area contributed by atoms with Crippen molar-refractivity contribution in [3.05, 3.63) is 23.8 Å². The number of aliphatic hydroxyl groups is 3. The molecule has 2 bridgehead atoms. The lowest BCUT2D eigenvalue weighted by Gasteiger charge is -2.37. The molecule has 2 aliphatic heterocycles. The molecule has 2 aliphatic rings. The molecular weight excluding hydrogens is 304 g/mol. The molecule has 3 N–H and O–H groups in total. The van der Waals surface area contributed by atoms with Gasteiger partial charge in [-0.1, -0.05) is 32.1 Å². The summed E-state index contributed by atoms with van der Waals surface area (Å²) in [6.45, 7) is 8.20. The second-order valence-corrected chi connectivity index (χ2v) is 8.39. The van der Waals surface area contributed by atoms with Gasteiger partial charge in [-0.25, -0.2) is 0 Å². The highest BCUT2D eigenvalue weighted by atomic mass is 16.5. The fraction of sp³-hybridized carbons (Fsp3) is 0.800. The van der Waals surface area contributed by atoms with Gasteiger partial charge < -0.3 is 20.1 Å². The summed E-state index contributed by atoms with van der Waals surface area (Å²) in [6, 6.07) is 0. The maximum atomic E-state index is 11.1. The van der Waals surface area contributed by atoms with Crippen LogP contribution in [0.25, 0.3) is 0 Å². The van der Waals surface area contributed by atoms with Gasteiger partial charge in [0.05, 0.1) is 29.5 Å². The highest BCUT2D eigenvalue weighted by molar-refractivity contribution is 5.13. The highest BCUT2D eigenvalue weighted by Gasteiger charge is 2.40. The largest absolute Gasteiger partial charge is 0.390 e. The average Bonchev–Trinajstić information content (AvgIpc) is 2.64. The average molecular weight is 338 g/mol. The van der Waals surface area contributed by atoms with Crippen LogP contribution < -0.4 is 0 Å². The van der Waals surface area contributed by atoms with Crippen LogP contribution in [-0.2, 0) is 4.74 Å². The molecule has 4 atom stereocenters. The van der Waals surface area contributed by atoms with Gasteiger partial charge in [0, 0.05) is 0 Å². The van der Waals surface area contributed by atoms with Crippen molar-refractivity contribution in [1.82, 2.24) is 0 Å². The van der Waals surface area contributed by atoms with Gasteiger partial charge in [-0.2, -0.15) is 0 Å². The van der Waals surface area contributed by atoms with E-state index in [1.54, 1.807) is 19.1 Å². The zero-order valence-corrected chi connectivity index (χ0v) is 15.6. The molecule has 0 aromatic rings. The van der Waals surface area contributed by atoms with E-state index in [-0.39, 0.29) is 5.92 Å². The molecule has 0 spiro atoms. The predicted octanol–water partition coefficient (Wildman–Crippen LogP) is 3.11. The number of hydrogen-bond acceptors (Lipinski definition) is 4. The summed E-state index contributed by atoms with van der Waals surface area (Å²) in [4.78, 5) is 0. The minimum absolute atomic E-state index is 0.00915. The van der Waals surface area contributed by atoms with Crippen molar-refractivity contribution in [2.75, 3.05) is 6.61 Å². The molecule has 0 radical (unpaired) electrons. The van der Waals surface area contributed by atoms with Crippen molar-refractivity contribution in [3.63, 3.8) is 0 Å². The van der Waals surface area contributed by atoms with Gasteiger partial charge in [0.25, 0.3) is 0 Å². The van der Waals surface area contributed by atoms with Crippen molar-refractivity contribution in [1.29, 1.82) is 0 Å². The summed E-state index contributed by atoms with van der Waals surface area (Å²) >= 11 is 0. The molecule has 4 nitrogen and oxygen atoms in total. The zero-order valence-electron chi connectivity index (χ0n) is 15.6. The second kappa shape index (κ2) is 7.28. The van der Waals surface area contributed by atoms with E-state index in [0.29, 0.717) is 32.3 Å². The van der Waals surface area contributed by atoms with Crippen LogP contribution in [0.4, 0.5) is 0 Å². The van der Waals surface area contributed by atoms with E-state index in [9.17, 15) is 15.3 Å². The maximum absolute atomic E-state index is 11.1. The van der Waals surface area contributed by atoms with Crippen LogP contribution in [0.2, 0.25) is 0 Å². The molecule has 4 heteroatoms. The number of allylic oxidation sites excluding steroid dienone is 1. The smallest absolute Gasteiger partial charge is 0.0917 e. The van der Waals surface area contributed by atoms with Crippen molar-refractivity contribution in [2.24, 2.45) is 5.92 Å². The summed E-state index contributed by atoms with van der Waals surface area (Å²) in [7, 11) is 0. The van der Waals surface area contributed by atoms with Crippen LogP contribution in [0.1, 0.15) is 66.2 Å². The first-order valence-electron chi connectivity index (χ1n) is 9.21. The standard InChI is InChI=1S/C20H34O4/c1-15(2)20(23)12-10-18(3,22)9-5-6-16-7-8-17(21)19(4,11-13-20)24-14-16/h6,10,12,15,17,21-23H,5,7-9,11,13-14H2,1-4H3/b12-10+,16-6-/t17-,18+,19+,20-/m0/s1. The second-order valence-electron chi connectivity index (χ2n) is 8.39. The van der Waals surface area contributed by atoms with E-state index >= 15 is 0 Å². The molecule has 0 aromatic carbocycles. The van der Waals surface area contributed by atoms with Gasteiger partial charge in [-0.3, -0.25) is 0 Å². The fourth-order valence-electron chi connectivity index (χ4n) is 3.44. The Morgan fingerprint density at radius 2 is 1.83 bits per heavy atom. The topological polar surface area (TPSA) is 69.9 Å². The van der Waals surface area contributed by atoms with E-state index in [0.717, 1.165) is 12.8 Å². The molecule has 138 valence electrons. The zero-order chi connectivity index (χ0) is 18.0. The van der Waals surface area contributed by atoms with Crippen molar-refractivity contribution in [2.45, 2.75) is 89.1 Å². The van der Waals surface area contributed by atoms with Crippen LogP contribution in [0.15, 0.2) is 23.8 Å². The Hall–Kier alpha value is -0.680. The van der Waals surface area contributed by atoms with Crippen molar-refractivity contribution >= 4 is 0 Å². The van der Waals surface area contributed by atoms with Gasteiger partial charge >= 0.3 is 0 Å². The lowest BCUT2D eigenvalue weighted by molar-refractivity contribution is -0.114. The minimum atomic E-state index is -1.02. The van der Waals surface area contributed by atoms with Gasteiger partial charge in [-0.05, 0) is 63.9 Å². The molecular formula is C20H34O4. The Morgan fingerprint density at radius 3 is 2.50 bits per heavy atom. The number of ether oxygens (including phenoxy) is 1. The lowest BCUT2D eigenvalue weighted by Crippen LogP contribution is -2.44. The first-order valence-corrected chi connectivity index (χ1v) is 9.21. The number of hydrogen-bond donors (Lipinski definition) is 3. The van der Waals surface area contributed by atoms with E-state index in [1.807, 2.05) is 20.8 Å². The van der Waals surface area contributed by atoms with Gasteiger partial charge in [0.2, 0.25) is 0 Å². The quantitative estimate of drug-likeness (QED) is 0.643. The molecule has 1 fully saturated rings. The lowest BCUT2D eigenvalue weighted by atomic mass is 9.79. The maximum Gasteiger partial charge on any atom is 0.0917 e. The third-order valence-electron chi connectivity index (χ3n) is 5.87. The van der Waals surface area contributed by atoms with Gasteiger partial charge in [0.15, 0.2) is 0 Å². The number of fused-ring (bicyclic) bond motifs is 3. The van der Waals surface area contributed by atoms with Crippen LogP contribution in [0, 0.1) is 5.92 Å². The highest BCUT2D eigenvalue weighted by Crippen LogP contribution is 2.36. The summed E-state index contributed by atoms with van der Waals surface area (Å²) in [5.41, 5.74) is -1.42. The monoisotopic (exact) mass is 338 g/mol. The van der Waals surface area contributed by atoms with Crippen LogP contribution >= 0.6 is 0 Å². The number of rotatable bonds is 1. The van der Waals surface area contributed by atoms with Crippen LogP contribution in [0.5, 0.6) is 0 Å². The minimum Gasteiger partial charge on any atom is -0.390 e. The van der Waals surface area contributed by atoms with E-state index in [2.05, 4.69) is 6.08 Å². The third-order valence-corrected chi connectivity index (χ3v) is 5.87. The van der Waals surface area contributed by atoms with Crippen molar-refractivity contribution < 1.29 is 20.1 Å². The molecule has 2 rings (SSSR count). The van der Waals surface area contributed by atoms with Crippen LogP contribution in [0.3, 0.4) is 0 Å². The molecule has 24 heavy (non-hydrogen) atoms. The Bertz CT molecular complexity index is 494.